The number of carbonyl (C=O) groups excluding carboxylic acids is 3. The van der Waals surface area contributed by atoms with Crippen molar-refractivity contribution in [1.82, 2.24) is 20.4 Å². The number of urea groups is 1. The molecule has 1 aromatic rings. The Hall–Kier alpha value is -2.87. The molecule has 8 heteroatoms. The summed E-state index contributed by atoms with van der Waals surface area (Å²) in [5, 5.41) is 5.89. The number of carbonyl (C=O) groups is 3. The molecule has 1 atom stereocenters. The van der Waals surface area contributed by atoms with Gasteiger partial charge in [0.2, 0.25) is 5.91 Å². The molecular formula is C20H26N4O4. The van der Waals surface area contributed by atoms with E-state index in [4.69, 9.17) is 4.74 Å². The van der Waals surface area contributed by atoms with E-state index in [9.17, 15) is 14.4 Å². The molecule has 8 nitrogen and oxygen atoms in total. The van der Waals surface area contributed by atoms with E-state index in [-0.39, 0.29) is 12.5 Å². The molecule has 2 heterocycles. The number of imide groups is 1. The van der Waals surface area contributed by atoms with Crippen molar-refractivity contribution in [2.75, 3.05) is 39.3 Å². The molecule has 0 saturated carbocycles. The number of benzene rings is 1. The molecule has 0 aliphatic carbocycles. The Morgan fingerprint density at radius 1 is 1.21 bits per heavy atom. The Morgan fingerprint density at radius 2 is 1.86 bits per heavy atom. The monoisotopic (exact) mass is 386 g/mol. The van der Waals surface area contributed by atoms with E-state index in [1.165, 1.54) is 0 Å². The molecule has 2 aliphatic rings. The summed E-state index contributed by atoms with van der Waals surface area (Å²) in [6, 6.07) is 6.43. The average Bonchev–Trinajstić information content (AvgIpc) is 2.91. The summed E-state index contributed by atoms with van der Waals surface area (Å²) < 4.78 is 5.57. The quantitative estimate of drug-likeness (QED) is 0.559. The first kappa shape index (κ1) is 19.9. The van der Waals surface area contributed by atoms with Crippen LogP contribution in [0.5, 0.6) is 5.75 Å². The normalized spacial score (nSPS) is 22.2. The Morgan fingerprint density at radius 3 is 2.46 bits per heavy atom. The zero-order valence-electron chi connectivity index (χ0n) is 16.3. The van der Waals surface area contributed by atoms with Gasteiger partial charge in [-0.05, 0) is 37.1 Å². The van der Waals surface area contributed by atoms with Crippen LogP contribution in [0.3, 0.4) is 0 Å². The van der Waals surface area contributed by atoms with Crippen LogP contribution in [-0.2, 0) is 15.1 Å². The van der Waals surface area contributed by atoms with Crippen LogP contribution in [0.4, 0.5) is 4.79 Å². The summed E-state index contributed by atoms with van der Waals surface area (Å²) in [4.78, 5) is 40.5. The zero-order chi connectivity index (χ0) is 20.3. The van der Waals surface area contributed by atoms with Crippen molar-refractivity contribution < 1.29 is 19.1 Å². The van der Waals surface area contributed by atoms with Gasteiger partial charge >= 0.3 is 6.03 Å². The fourth-order valence-corrected chi connectivity index (χ4v) is 3.28. The summed E-state index contributed by atoms with van der Waals surface area (Å²) in [7, 11) is 0. The first-order valence-electron chi connectivity index (χ1n) is 9.31. The molecule has 0 aromatic heterocycles. The van der Waals surface area contributed by atoms with Gasteiger partial charge in [-0.3, -0.25) is 14.5 Å². The highest BCUT2D eigenvalue weighted by Crippen LogP contribution is 2.30. The van der Waals surface area contributed by atoms with Crippen molar-refractivity contribution in [2.24, 2.45) is 0 Å². The minimum absolute atomic E-state index is 0.224. The molecule has 0 radical (unpaired) electrons. The molecule has 1 unspecified atom stereocenters. The minimum atomic E-state index is -1.21. The third kappa shape index (κ3) is 4.01. The lowest BCUT2D eigenvalue weighted by Gasteiger charge is -2.28. The van der Waals surface area contributed by atoms with Crippen LogP contribution >= 0.6 is 0 Å². The second kappa shape index (κ2) is 8.02. The molecule has 1 aromatic carbocycles. The summed E-state index contributed by atoms with van der Waals surface area (Å²) in [5.41, 5.74) is 0.318. The van der Waals surface area contributed by atoms with E-state index >= 15 is 0 Å². The van der Waals surface area contributed by atoms with E-state index in [0.29, 0.717) is 44.1 Å². The predicted octanol–water partition coefficient (Wildman–Crippen LogP) is 0.840. The number of amides is 4. The second-order valence-corrected chi connectivity index (χ2v) is 7.35. The summed E-state index contributed by atoms with van der Waals surface area (Å²) in [6.07, 6.45) is 0. The van der Waals surface area contributed by atoms with Crippen molar-refractivity contribution in [3.05, 3.63) is 42.0 Å². The second-order valence-electron chi connectivity index (χ2n) is 7.35. The van der Waals surface area contributed by atoms with Gasteiger partial charge in [0.15, 0.2) is 0 Å². The number of hydrogen-bond donors (Lipinski definition) is 2. The smallest absolute Gasteiger partial charge is 0.325 e. The Balaban J connectivity index is 1.70. The fourth-order valence-electron chi connectivity index (χ4n) is 3.28. The maximum Gasteiger partial charge on any atom is 0.325 e. The maximum absolute atomic E-state index is 13.0. The Labute approximate surface area is 164 Å². The molecule has 28 heavy (non-hydrogen) atoms. The molecule has 150 valence electrons. The third-order valence-electron chi connectivity index (χ3n) is 4.95. The van der Waals surface area contributed by atoms with Gasteiger partial charge in [0.1, 0.15) is 24.4 Å². The molecule has 2 saturated heterocycles. The van der Waals surface area contributed by atoms with Gasteiger partial charge in [-0.25, -0.2) is 4.79 Å². The fraction of sp³-hybridized carbons (Fsp3) is 0.450. The molecule has 3 rings (SSSR count). The van der Waals surface area contributed by atoms with Crippen LogP contribution in [0.15, 0.2) is 36.4 Å². The lowest BCUT2D eigenvalue weighted by atomic mass is 9.92. The van der Waals surface area contributed by atoms with Crippen molar-refractivity contribution >= 4 is 17.8 Å². The standard InChI is InChI=1S/C20H26N4O4/c1-14(2)13-28-16-6-4-15(5-7-16)20(3)18(26)24(19(27)22-20)12-17(25)23-10-8-21-9-11-23/h4-7,21H,1,8-13H2,2-3H3,(H,22,27). The molecule has 4 amide bonds. The lowest BCUT2D eigenvalue weighted by Crippen LogP contribution is -2.50. The predicted molar refractivity (Wildman–Crippen MR) is 104 cm³/mol. The highest BCUT2D eigenvalue weighted by atomic mass is 16.5. The van der Waals surface area contributed by atoms with Crippen LogP contribution < -0.4 is 15.4 Å². The highest BCUT2D eigenvalue weighted by molar-refractivity contribution is 6.09. The van der Waals surface area contributed by atoms with Crippen molar-refractivity contribution in [3.8, 4) is 5.75 Å². The molecule has 2 fully saturated rings. The molecule has 2 N–H and O–H groups in total. The molecule has 0 spiro atoms. The van der Waals surface area contributed by atoms with E-state index in [1.807, 2.05) is 6.92 Å². The zero-order valence-corrected chi connectivity index (χ0v) is 16.3. The number of rotatable bonds is 6. The van der Waals surface area contributed by atoms with E-state index < -0.39 is 17.5 Å². The molecule has 0 bridgehead atoms. The Kier molecular flexibility index (Phi) is 5.69. The van der Waals surface area contributed by atoms with Crippen LogP contribution in [0.25, 0.3) is 0 Å². The van der Waals surface area contributed by atoms with Crippen LogP contribution in [0.2, 0.25) is 0 Å². The molecular weight excluding hydrogens is 360 g/mol. The Bertz CT molecular complexity index is 786. The van der Waals surface area contributed by atoms with Crippen LogP contribution in [0.1, 0.15) is 19.4 Å². The minimum Gasteiger partial charge on any atom is -0.489 e. The summed E-state index contributed by atoms with van der Waals surface area (Å²) in [5.74, 6) is -0.00718. The first-order valence-corrected chi connectivity index (χ1v) is 9.31. The highest BCUT2D eigenvalue weighted by Gasteiger charge is 2.49. The van der Waals surface area contributed by atoms with Gasteiger partial charge in [-0.1, -0.05) is 18.7 Å². The lowest BCUT2D eigenvalue weighted by molar-refractivity contribution is -0.139. The van der Waals surface area contributed by atoms with Crippen LogP contribution in [0, 0.1) is 0 Å². The van der Waals surface area contributed by atoms with Gasteiger partial charge < -0.3 is 20.3 Å². The number of nitrogens with one attached hydrogen (secondary N) is 2. The van der Waals surface area contributed by atoms with Gasteiger partial charge in [-0.2, -0.15) is 0 Å². The van der Waals surface area contributed by atoms with Crippen molar-refractivity contribution in [1.29, 1.82) is 0 Å². The summed E-state index contributed by atoms with van der Waals surface area (Å²) >= 11 is 0. The first-order chi connectivity index (χ1) is 13.3. The van der Waals surface area contributed by atoms with Gasteiger partial charge in [0.25, 0.3) is 5.91 Å². The third-order valence-corrected chi connectivity index (χ3v) is 4.95. The topological polar surface area (TPSA) is 91.0 Å². The largest absolute Gasteiger partial charge is 0.489 e. The van der Waals surface area contributed by atoms with E-state index in [2.05, 4.69) is 17.2 Å². The number of hydrogen-bond acceptors (Lipinski definition) is 5. The number of nitrogens with zero attached hydrogens (tertiary/aromatic N) is 2. The average molecular weight is 386 g/mol. The van der Waals surface area contributed by atoms with Gasteiger partial charge in [0, 0.05) is 26.2 Å². The van der Waals surface area contributed by atoms with E-state index in [0.717, 1.165) is 10.5 Å². The number of ether oxygens (including phenoxy) is 1. The van der Waals surface area contributed by atoms with Gasteiger partial charge in [0.05, 0.1) is 0 Å². The summed E-state index contributed by atoms with van der Waals surface area (Å²) in [6.45, 7) is 10.0. The van der Waals surface area contributed by atoms with Crippen molar-refractivity contribution in [3.63, 3.8) is 0 Å². The van der Waals surface area contributed by atoms with E-state index in [1.54, 1.807) is 36.1 Å². The van der Waals surface area contributed by atoms with Gasteiger partial charge in [-0.15, -0.1) is 0 Å². The number of piperazine rings is 1. The van der Waals surface area contributed by atoms with Crippen molar-refractivity contribution in [2.45, 2.75) is 19.4 Å². The SMILES string of the molecule is C=C(C)COc1ccc(C2(C)NC(=O)N(CC(=O)N3CCNCC3)C2=O)cc1. The van der Waals surface area contributed by atoms with Crippen LogP contribution in [-0.4, -0.2) is 67.0 Å². The molecule has 2 aliphatic heterocycles. The maximum atomic E-state index is 13.0.